The third kappa shape index (κ3) is 2.84. The summed E-state index contributed by atoms with van der Waals surface area (Å²) in [6.45, 7) is 4.12. The normalized spacial score (nSPS) is 10.6. The summed E-state index contributed by atoms with van der Waals surface area (Å²) in [4.78, 5) is 20.1. The smallest absolute Gasteiger partial charge is 0.259 e. The van der Waals surface area contributed by atoms with Gasteiger partial charge in [0, 0.05) is 11.6 Å². The third-order valence-electron chi connectivity index (χ3n) is 2.38. The SMILES string of the molecule is CC(C)c1csc(NC(=O)c2ccc(N)nc2)n1. The monoisotopic (exact) mass is 262 g/mol. The van der Waals surface area contributed by atoms with Gasteiger partial charge in [-0.05, 0) is 18.1 Å². The van der Waals surface area contributed by atoms with Crippen molar-refractivity contribution in [2.75, 3.05) is 11.1 Å². The number of nitrogens with two attached hydrogens (primary N) is 1. The molecule has 0 fully saturated rings. The Kier molecular flexibility index (Phi) is 3.57. The second kappa shape index (κ2) is 5.14. The molecule has 3 N–H and O–H groups in total. The van der Waals surface area contributed by atoms with E-state index in [1.54, 1.807) is 12.1 Å². The van der Waals surface area contributed by atoms with Crippen LogP contribution < -0.4 is 11.1 Å². The molecule has 0 atom stereocenters. The standard InChI is InChI=1S/C12H14N4OS/c1-7(2)9-6-18-12(15-9)16-11(17)8-3-4-10(13)14-5-8/h3-7H,1-2H3,(H2,13,14)(H,15,16,17). The molecule has 0 aliphatic carbocycles. The molecule has 94 valence electrons. The highest BCUT2D eigenvalue weighted by molar-refractivity contribution is 7.14. The van der Waals surface area contributed by atoms with Gasteiger partial charge in [0.05, 0.1) is 11.3 Å². The number of carbonyl (C=O) groups is 1. The number of nitrogen functional groups attached to an aromatic ring is 1. The van der Waals surface area contributed by atoms with Crippen LogP contribution >= 0.6 is 11.3 Å². The molecule has 2 rings (SSSR count). The molecule has 5 nitrogen and oxygen atoms in total. The van der Waals surface area contributed by atoms with Crippen molar-refractivity contribution in [3.8, 4) is 0 Å². The second-order valence-corrected chi connectivity index (χ2v) is 5.02. The molecule has 0 bridgehead atoms. The zero-order valence-corrected chi connectivity index (χ0v) is 11.0. The van der Waals surface area contributed by atoms with Crippen LogP contribution in [0, 0.1) is 0 Å². The first-order chi connectivity index (χ1) is 8.56. The average Bonchev–Trinajstić information content (AvgIpc) is 2.78. The van der Waals surface area contributed by atoms with Crippen LogP contribution in [0.1, 0.15) is 35.8 Å². The van der Waals surface area contributed by atoms with E-state index in [2.05, 4.69) is 29.1 Å². The first-order valence-corrected chi connectivity index (χ1v) is 6.42. The minimum Gasteiger partial charge on any atom is -0.384 e. The molecule has 0 radical (unpaired) electrons. The van der Waals surface area contributed by atoms with E-state index in [-0.39, 0.29) is 5.91 Å². The van der Waals surface area contributed by atoms with Gasteiger partial charge in [-0.25, -0.2) is 9.97 Å². The number of carbonyl (C=O) groups excluding carboxylic acids is 1. The fourth-order valence-corrected chi connectivity index (χ4v) is 2.18. The number of pyridine rings is 1. The molecule has 0 spiro atoms. The van der Waals surface area contributed by atoms with E-state index in [1.165, 1.54) is 17.5 Å². The van der Waals surface area contributed by atoms with Gasteiger partial charge in [0.25, 0.3) is 5.91 Å². The van der Waals surface area contributed by atoms with E-state index >= 15 is 0 Å². The van der Waals surface area contributed by atoms with Gasteiger partial charge < -0.3 is 5.73 Å². The molecule has 18 heavy (non-hydrogen) atoms. The summed E-state index contributed by atoms with van der Waals surface area (Å²) in [6, 6.07) is 3.23. The van der Waals surface area contributed by atoms with Gasteiger partial charge in [-0.1, -0.05) is 13.8 Å². The summed E-state index contributed by atoms with van der Waals surface area (Å²) in [5.41, 5.74) is 6.90. The number of anilines is 2. The van der Waals surface area contributed by atoms with E-state index < -0.39 is 0 Å². The molecule has 0 aliphatic heterocycles. The van der Waals surface area contributed by atoms with Gasteiger partial charge in [-0.3, -0.25) is 10.1 Å². The molecule has 0 saturated carbocycles. The number of hydrogen-bond acceptors (Lipinski definition) is 5. The maximum absolute atomic E-state index is 11.9. The third-order valence-corrected chi connectivity index (χ3v) is 3.16. The maximum atomic E-state index is 11.9. The summed E-state index contributed by atoms with van der Waals surface area (Å²) in [7, 11) is 0. The summed E-state index contributed by atoms with van der Waals surface area (Å²) >= 11 is 1.42. The Balaban J connectivity index is 2.08. The van der Waals surface area contributed by atoms with Crippen LogP contribution in [0.25, 0.3) is 0 Å². The number of nitrogens with one attached hydrogen (secondary N) is 1. The molecular weight excluding hydrogens is 248 g/mol. The Bertz CT molecular complexity index is 547. The van der Waals surface area contributed by atoms with Crippen LogP contribution in [-0.4, -0.2) is 15.9 Å². The first kappa shape index (κ1) is 12.5. The predicted octanol–water partition coefficient (Wildman–Crippen LogP) is 2.50. The van der Waals surface area contributed by atoms with E-state index in [9.17, 15) is 4.79 Å². The highest BCUT2D eigenvalue weighted by Gasteiger charge is 2.10. The largest absolute Gasteiger partial charge is 0.384 e. The van der Waals surface area contributed by atoms with Crippen molar-refractivity contribution in [3.05, 3.63) is 35.0 Å². The van der Waals surface area contributed by atoms with Gasteiger partial charge in [-0.2, -0.15) is 0 Å². The maximum Gasteiger partial charge on any atom is 0.259 e. The lowest BCUT2D eigenvalue weighted by atomic mass is 10.2. The fraction of sp³-hybridized carbons (Fsp3) is 0.250. The summed E-state index contributed by atoms with van der Waals surface area (Å²) in [6.07, 6.45) is 1.45. The van der Waals surface area contributed by atoms with Crippen LogP contribution in [-0.2, 0) is 0 Å². The minimum absolute atomic E-state index is 0.229. The van der Waals surface area contributed by atoms with Crippen LogP contribution in [0.5, 0.6) is 0 Å². The Morgan fingerprint density at radius 1 is 1.44 bits per heavy atom. The topological polar surface area (TPSA) is 80.9 Å². The van der Waals surface area contributed by atoms with E-state index in [4.69, 9.17) is 5.73 Å². The zero-order valence-electron chi connectivity index (χ0n) is 10.2. The number of hydrogen-bond donors (Lipinski definition) is 2. The van der Waals surface area contributed by atoms with Gasteiger partial charge >= 0.3 is 0 Å². The molecule has 0 unspecified atom stereocenters. The lowest BCUT2D eigenvalue weighted by Crippen LogP contribution is -2.12. The molecule has 0 aromatic carbocycles. The quantitative estimate of drug-likeness (QED) is 0.890. The van der Waals surface area contributed by atoms with Crippen molar-refractivity contribution in [1.29, 1.82) is 0 Å². The molecule has 6 heteroatoms. The van der Waals surface area contributed by atoms with Crippen molar-refractivity contribution >= 4 is 28.2 Å². The molecule has 2 aromatic heterocycles. The molecular formula is C12H14N4OS. The number of rotatable bonds is 3. The van der Waals surface area contributed by atoms with Gasteiger partial charge in [0.15, 0.2) is 5.13 Å². The molecule has 0 saturated heterocycles. The lowest BCUT2D eigenvalue weighted by molar-refractivity contribution is 0.102. The van der Waals surface area contributed by atoms with Crippen molar-refractivity contribution in [2.45, 2.75) is 19.8 Å². The van der Waals surface area contributed by atoms with Gasteiger partial charge in [-0.15, -0.1) is 11.3 Å². The first-order valence-electron chi connectivity index (χ1n) is 5.54. The number of nitrogens with zero attached hydrogens (tertiary/aromatic N) is 2. The van der Waals surface area contributed by atoms with Crippen LogP contribution in [0.2, 0.25) is 0 Å². The molecule has 2 heterocycles. The van der Waals surface area contributed by atoms with E-state index in [1.807, 2.05) is 5.38 Å². The van der Waals surface area contributed by atoms with Crippen molar-refractivity contribution in [2.24, 2.45) is 0 Å². The van der Waals surface area contributed by atoms with Crippen molar-refractivity contribution < 1.29 is 4.79 Å². The van der Waals surface area contributed by atoms with Crippen LogP contribution in [0.3, 0.4) is 0 Å². The minimum atomic E-state index is -0.229. The van der Waals surface area contributed by atoms with Crippen LogP contribution in [0.4, 0.5) is 10.9 Å². The summed E-state index contributed by atoms with van der Waals surface area (Å²) < 4.78 is 0. The molecule has 2 aromatic rings. The zero-order chi connectivity index (χ0) is 13.1. The fourth-order valence-electron chi connectivity index (χ4n) is 1.32. The van der Waals surface area contributed by atoms with E-state index in [0.717, 1.165) is 5.69 Å². The Hall–Kier alpha value is -1.95. The average molecular weight is 262 g/mol. The highest BCUT2D eigenvalue weighted by Crippen LogP contribution is 2.21. The number of amides is 1. The molecule has 1 amide bonds. The highest BCUT2D eigenvalue weighted by atomic mass is 32.1. The Labute approximate surface area is 109 Å². The number of aromatic nitrogens is 2. The Morgan fingerprint density at radius 3 is 2.78 bits per heavy atom. The lowest BCUT2D eigenvalue weighted by Gasteiger charge is -2.02. The Morgan fingerprint density at radius 2 is 2.22 bits per heavy atom. The predicted molar refractivity (Wildman–Crippen MR) is 72.8 cm³/mol. The summed E-state index contributed by atoms with van der Waals surface area (Å²) in [5.74, 6) is 0.514. The van der Waals surface area contributed by atoms with E-state index in [0.29, 0.717) is 22.4 Å². The number of thiazole rings is 1. The van der Waals surface area contributed by atoms with Gasteiger partial charge in [0.1, 0.15) is 5.82 Å². The van der Waals surface area contributed by atoms with Crippen molar-refractivity contribution in [3.63, 3.8) is 0 Å². The van der Waals surface area contributed by atoms with Gasteiger partial charge in [0.2, 0.25) is 0 Å². The summed E-state index contributed by atoms with van der Waals surface area (Å²) in [5, 5.41) is 5.28. The second-order valence-electron chi connectivity index (χ2n) is 4.16. The van der Waals surface area contributed by atoms with Crippen molar-refractivity contribution in [1.82, 2.24) is 9.97 Å². The molecule has 0 aliphatic rings. The van der Waals surface area contributed by atoms with Crippen LogP contribution in [0.15, 0.2) is 23.7 Å².